The highest BCUT2D eigenvalue weighted by atomic mass is 16.5. The molecule has 2 aromatic carbocycles. The average Bonchev–Trinajstić information content (AvgIpc) is 2.59. The standard InChI is InChI=1S/C21H28O4/c1-5-19-16(4)20(22)11-12-21(19)24-14-6-13-23-17-7-9-18(10-8-17)25-15(2)3/h7-12,15,22H,5-6,13-14H2,1-4H3. The summed E-state index contributed by atoms with van der Waals surface area (Å²) in [4.78, 5) is 0. The Morgan fingerprint density at radius 3 is 2.20 bits per heavy atom. The highest BCUT2D eigenvalue weighted by Crippen LogP contribution is 2.29. The maximum Gasteiger partial charge on any atom is 0.123 e. The van der Waals surface area contributed by atoms with Crippen LogP contribution >= 0.6 is 0 Å². The van der Waals surface area contributed by atoms with Gasteiger partial charge in [0.25, 0.3) is 0 Å². The molecular weight excluding hydrogens is 316 g/mol. The molecule has 0 saturated carbocycles. The lowest BCUT2D eigenvalue weighted by Crippen LogP contribution is -2.07. The molecule has 0 aliphatic rings. The molecule has 0 aromatic heterocycles. The van der Waals surface area contributed by atoms with Crippen molar-refractivity contribution in [2.75, 3.05) is 13.2 Å². The van der Waals surface area contributed by atoms with Crippen molar-refractivity contribution in [3.8, 4) is 23.0 Å². The minimum Gasteiger partial charge on any atom is -0.508 e. The molecule has 0 unspecified atom stereocenters. The number of aromatic hydroxyl groups is 1. The molecule has 2 aromatic rings. The lowest BCUT2D eigenvalue weighted by molar-refractivity contribution is 0.238. The van der Waals surface area contributed by atoms with Gasteiger partial charge >= 0.3 is 0 Å². The van der Waals surface area contributed by atoms with Gasteiger partial charge < -0.3 is 19.3 Å². The summed E-state index contributed by atoms with van der Waals surface area (Å²) in [6.45, 7) is 9.14. The van der Waals surface area contributed by atoms with E-state index in [-0.39, 0.29) is 6.10 Å². The van der Waals surface area contributed by atoms with E-state index in [1.54, 1.807) is 6.07 Å². The maximum atomic E-state index is 9.77. The van der Waals surface area contributed by atoms with Crippen molar-refractivity contribution in [2.24, 2.45) is 0 Å². The third-order valence-corrected chi connectivity index (χ3v) is 3.89. The highest BCUT2D eigenvalue weighted by molar-refractivity contribution is 5.47. The summed E-state index contributed by atoms with van der Waals surface area (Å²) in [5, 5.41) is 9.77. The normalized spacial score (nSPS) is 10.8. The molecule has 136 valence electrons. The Bertz CT molecular complexity index is 662. The molecule has 0 aliphatic heterocycles. The summed E-state index contributed by atoms with van der Waals surface area (Å²) in [5.41, 5.74) is 1.95. The molecule has 0 fully saturated rings. The van der Waals surface area contributed by atoms with Crippen molar-refractivity contribution in [3.05, 3.63) is 47.5 Å². The molecular formula is C21H28O4. The van der Waals surface area contributed by atoms with E-state index in [1.165, 1.54) is 0 Å². The molecule has 4 heteroatoms. The van der Waals surface area contributed by atoms with E-state index in [1.807, 2.05) is 51.1 Å². The van der Waals surface area contributed by atoms with Gasteiger partial charge in [0.2, 0.25) is 0 Å². The fourth-order valence-electron chi connectivity index (χ4n) is 2.61. The molecule has 0 saturated heterocycles. The topological polar surface area (TPSA) is 47.9 Å². The number of phenols is 1. The first kappa shape index (κ1) is 19.0. The van der Waals surface area contributed by atoms with Crippen LogP contribution in [0.25, 0.3) is 0 Å². The molecule has 0 spiro atoms. The van der Waals surface area contributed by atoms with Gasteiger partial charge in [0, 0.05) is 12.0 Å². The van der Waals surface area contributed by atoms with Crippen LogP contribution in [0.4, 0.5) is 0 Å². The molecule has 0 bridgehead atoms. The predicted molar refractivity (Wildman–Crippen MR) is 100 cm³/mol. The van der Waals surface area contributed by atoms with Gasteiger partial charge in [-0.2, -0.15) is 0 Å². The van der Waals surface area contributed by atoms with E-state index < -0.39 is 0 Å². The molecule has 1 N–H and O–H groups in total. The summed E-state index contributed by atoms with van der Waals surface area (Å²) in [6, 6.07) is 11.2. The first-order valence-electron chi connectivity index (χ1n) is 8.85. The van der Waals surface area contributed by atoms with Crippen LogP contribution < -0.4 is 14.2 Å². The minimum atomic E-state index is 0.167. The van der Waals surface area contributed by atoms with E-state index in [9.17, 15) is 5.11 Å². The van der Waals surface area contributed by atoms with Crippen LogP contribution in [0.1, 0.15) is 38.3 Å². The zero-order valence-corrected chi connectivity index (χ0v) is 15.5. The zero-order chi connectivity index (χ0) is 18.2. The minimum absolute atomic E-state index is 0.167. The Balaban J connectivity index is 1.76. The SMILES string of the molecule is CCc1c(OCCCOc2ccc(OC(C)C)cc2)ccc(O)c1C. The van der Waals surface area contributed by atoms with Gasteiger partial charge in [-0.1, -0.05) is 6.92 Å². The van der Waals surface area contributed by atoms with Gasteiger partial charge in [-0.3, -0.25) is 0 Å². The van der Waals surface area contributed by atoms with E-state index in [0.29, 0.717) is 19.0 Å². The van der Waals surface area contributed by atoms with E-state index in [0.717, 1.165) is 41.2 Å². The number of hydrogen-bond acceptors (Lipinski definition) is 4. The van der Waals surface area contributed by atoms with Crippen LogP contribution in [0, 0.1) is 6.92 Å². The lowest BCUT2D eigenvalue weighted by atomic mass is 10.0. The van der Waals surface area contributed by atoms with Crippen molar-refractivity contribution in [3.63, 3.8) is 0 Å². The van der Waals surface area contributed by atoms with Crippen molar-refractivity contribution in [2.45, 2.75) is 46.6 Å². The summed E-state index contributed by atoms with van der Waals surface area (Å²) >= 11 is 0. The van der Waals surface area contributed by atoms with Gasteiger partial charge in [0.15, 0.2) is 0 Å². The zero-order valence-electron chi connectivity index (χ0n) is 15.5. The number of rotatable bonds is 9. The molecule has 0 amide bonds. The van der Waals surface area contributed by atoms with Crippen molar-refractivity contribution in [1.82, 2.24) is 0 Å². The van der Waals surface area contributed by atoms with Crippen LogP contribution in [0.15, 0.2) is 36.4 Å². The third-order valence-electron chi connectivity index (χ3n) is 3.89. The Hall–Kier alpha value is -2.36. The molecule has 2 rings (SSSR count). The number of benzene rings is 2. The number of ether oxygens (including phenoxy) is 3. The van der Waals surface area contributed by atoms with Crippen molar-refractivity contribution >= 4 is 0 Å². The molecule has 0 aliphatic carbocycles. The van der Waals surface area contributed by atoms with Crippen LogP contribution in [-0.2, 0) is 6.42 Å². The number of phenolic OH excluding ortho intramolecular Hbond substituents is 1. The fourth-order valence-corrected chi connectivity index (χ4v) is 2.61. The van der Waals surface area contributed by atoms with Crippen molar-refractivity contribution in [1.29, 1.82) is 0 Å². The van der Waals surface area contributed by atoms with E-state index >= 15 is 0 Å². The van der Waals surface area contributed by atoms with Crippen LogP contribution in [-0.4, -0.2) is 24.4 Å². The maximum absolute atomic E-state index is 9.77. The second-order valence-electron chi connectivity index (χ2n) is 6.23. The first-order chi connectivity index (χ1) is 12.0. The van der Waals surface area contributed by atoms with Crippen LogP contribution in [0.5, 0.6) is 23.0 Å². The van der Waals surface area contributed by atoms with Gasteiger partial charge in [-0.25, -0.2) is 0 Å². The third kappa shape index (κ3) is 5.59. The van der Waals surface area contributed by atoms with E-state index in [2.05, 4.69) is 6.92 Å². The van der Waals surface area contributed by atoms with Crippen molar-refractivity contribution < 1.29 is 19.3 Å². The van der Waals surface area contributed by atoms with Gasteiger partial charge in [-0.05, 0) is 69.2 Å². The first-order valence-corrected chi connectivity index (χ1v) is 8.85. The summed E-state index contributed by atoms with van der Waals surface area (Å²) in [5.74, 6) is 2.83. The van der Waals surface area contributed by atoms with Crippen LogP contribution in [0.3, 0.4) is 0 Å². The Morgan fingerprint density at radius 2 is 1.56 bits per heavy atom. The highest BCUT2D eigenvalue weighted by Gasteiger charge is 2.09. The molecule has 4 nitrogen and oxygen atoms in total. The largest absolute Gasteiger partial charge is 0.508 e. The number of hydrogen-bond donors (Lipinski definition) is 1. The lowest BCUT2D eigenvalue weighted by Gasteiger charge is -2.14. The Kier molecular flexibility index (Phi) is 6.99. The smallest absolute Gasteiger partial charge is 0.123 e. The van der Waals surface area contributed by atoms with Gasteiger partial charge in [0.1, 0.15) is 23.0 Å². The summed E-state index contributed by atoms with van der Waals surface area (Å²) in [6.07, 6.45) is 1.78. The summed E-state index contributed by atoms with van der Waals surface area (Å²) < 4.78 is 17.2. The molecule has 25 heavy (non-hydrogen) atoms. The quantitative estimate of drug-likeness (QED) is 0.657. The van der Waals surface area contributed by atoms with Gasteiger partial charge in [0.05, 0.1) is 19.3 Å². The van der Waals surface area contributed by atoms with E-state index in [4.69, 9.17) is 14.2 Å². The predicted octanol–water partition coefficient (Wildman–Crippen LogP) is 4.90. The monoisotopic (exact) mass is 344 g/mol. The van der Waals surface area contributed by atoms with Crippen LogP contribution in [0.2, 0.25) is 0 Å². The Morgan fingerprint density at radius 1 is 0.920 bits per heavy atom. The molecule has 0 heterocycles. The molecule has 0 atom stereocenters. The second-order valence-corrected chi connectivity index (χ2v) is 6.23. The Labute approximate surface area is 150 Å². The average molecular weight is 344 g/mol. The van der Waals surface area contributed by atoms with Gasteiger partial charge in [-0.15, -0.1) is 0 Å². The molecule has 0 radical (unpaired) electrons. The summed E-state index contributed by atoms with van der Waals surface area (Å²) in [7, 11) is 0. The second kappa shape index (κ2) is 9.21. The fraction of sp³-hybridized carbons (Fsp3) is 0.429.